The summed E-state index contributed by atoms with van der Waals surface area (Å²) < 4.78 is 0. The Kier molecular flexibility index (Phi) is 8.22. The van der Waals surface area contributed by atoms with E-state index in [4.69, 9.17) is 0 Å². The summed E-state index contributed by atoms with van der Waals surface area (Å²) in [6.45, 7) is 11.7. The van der Waals surface area contributed by atoms with Crippen LogP contribution in [0.1, 0.15) is 60.3 Å². The van der Waals surface area contributed by atoms with Gasteiger partial charge in [-0.25, -0.2) is 0 Å². The zero-order chi connectivity index (χ0) is 14.2. The van der Waals surface area contributed by atoms with Crippen molar-refractivity contribution in [2.75, 3.05) is 13.6 Å². The van der Waals surface area contributed by atoms with E-state index in [9.17, 15) is 5.26 Å². The van der Waals surface area contributed by atoms with Crippen LogP contribution >= 0.6 is 0 Å². The van der Waals surface area contributed by atoms with Gasteiger partial charge in [-0.3, -0.25) is 5.32 Å². The van der Waals surface area contributed by atoms with Gasteiger partial charge in [-0.05, 0) is 54.1 Å². The number of hydrogen-bond acceptors (Lipinski definition) is 3. The maximum absolute atomic E-state index is 9.35. The molecule has 106 valence electrons. The lowest BCUT2D eigenvalue weighted by Gasteiger charge is -2.33. The van der Waals surface area contributed by atoms with Crippen molar-refractivity contribution in [3.05, 3.63) is 0 Å². The van der Waals surface area contributed by atoms with Crippen molar-refractivity contribution in [1.29, 1.82) is 5.26 Å². The molecule has 18 heavy (non-hydrogen) atoms. The predicted octanol–water partition coefficient (Wildman–Crippen LogP) is 3.17. The molecular formula is C15H31N3. The fourth-order valence-corrected chi connectivity index (χ4v) is 2.35. The largest absolute Gasteiger partial charge is 0.304 e. The molecule has 0 saturated carbocycles. The lowest BCUT2D eigenvalue weighted by atomic mass is 9.93. The minimum absolute atomic E-state index is 0.340. The van der Waals surface area contributed by atoms with Gasteiger partial charge in [-0.1, -0.05) is 19.8 Å². The number of nitriles is 1. The molecule has 0 fully saturated rings. The molecule has 0 spiro atoms. The van der Waals surface area contributed by atoms with Gasteiger partial charge in [0, 0.05) is 12.1 Å². The zero-order valence-electron chi connectivity index (χ0n) is 13.1. The third-order valence-electron chi connectivity index (χ3n) is 3.42. The van der Waals surface area contributed by atoms with Gasteiger partial charge in [-0.15, -0.1) is 0 Å². The Bertz CT molecular complexity index is 257. The molecule has 0 rings (SSSR count). The molecule has 3 heteroatoms. The summed E-state index contributed by atoms with van der Waals surface area (Å²) in [7, 11) is 2.16. The van der Waals surface area contributed by atoms with Crippen molar-refractivity contribution in [3.8, 4) is 6.07 Å². The average Bonchev–Trinajstić information content (AvgIpc) is 2.28. The molecule has 3 nitrogen and oxygen atoms in total. The molecule has 0 aromatic carbocycles. The fraction of sp³-hybridized carbons (Fsp3) is 0.933. The van der Waals surface area contributed by atoms with E-state index in [2.05, 4.69) is 51.0 Å². The molecule has 2 unspecified atom stereocenters. The summed E-state index contributed by atoms with van der Waals surface area (Å²) in [5.74, 6) is 0. The van der Waals surface area contributed by atoms with E-state index in [-0.39, 0.29) is 0 Å². The predicted molar refractivity (Wildman–Crippen MR) is 78.5 cm³/mol. The molecule has 0 aliphatic heterocycles. The second kappa shape index (κ2) is 8.50. The number of nitrogens with one attached hydrogen (secondary N) is 1. The number of nitrogens with zero attached hydrogens (tertiary/aromatic N) is 2. The van der Waals surface area contributed by atoms with Crippen molar-refractivity contribution in [2.24, 2.45) is 0 Å². The summed E-state index contributed by atoms with van der Waals surface area (Å²) in [4.78, 5) is 2.37. The first-order valence-electron chi connectivity index (χ1n) is 7.23. The first-order valence-corrected chi connectivity index (χ1v) is 7.23. The molecule has 0 aromatic heterocycles. The highest BCUT2D eigenvalue weighted by atomic mass is 15.1. The quantitative estimate of drug-likeness (QED) is 0.642. The minimum atomic E-state index is -0.424. The van der Waals surface area contributed by atoms with Crippen LogP contribution in [0.4, 0.5) is 0 Å². The maximum atomic E-state index is 9.35. The topological polar surface area (TPSA) is 39.1 Å². The summed E-state index contributed by atoms with van der Waals surface area (Å²) in [5.41, 5.74) is -0.424. The van der Waals surface area contributed by atoms with Crippen molar-refractivity contribution < 1.29 is 0 Å². The Morgan fingerprint density at radius 2 is 1.89 bits per heavy atom. The standard InChI is InChI=1S/C15H31N3/c1-7-8-9-10-18(6)14(4)11-15(5,12-16)17-13(2)3/h13-14,17H,7-11H2,1-6H3. The van der Waals surface area contributed by atoms with E-state index < -0.39 is 5.54 Å². The van der Waals surface area contributed by atoms with E-state index in [1.807, 2.05) is 6.92 Å². The molecule has 2 atom stereocenters. The highest BCUT2D eigenvalue weighted by molar-refractivity contribution is 5.06. The lowest BCUT2D eigenvalue weighted by molar-refractivity contribution is 0.205. The second-order valence-corrected chi connectivity index (χ2v) is 5.98. The van der Waals surface area contributed by atoms with Crippen LogP contribution in [0, 0.1) is 11.3 Å². The highest BCUT2D eigenvalue weighted by Crippen LogP contribution is 2.16. The van der Waals surface area contributed by atoms with Crippen LogP contribution in [-0.2, 0) is 0 Å². The van der Waals surface area contributed by atoms with Gasteiger partial charge in [0.1, 0.15) is 5.54 Å². The molecule has 0 aliphatic carbocycles. The third-order valence-corrected chi connectivity index (χ3v) is 3.42. The van der Waals surface area contributed by atoms with Gasteiger partial charge in [0.15, 0.2) is 0 Å². The van der Waals surface area contributed by atoms with E-state index >= 15 is 0 Å². The van der Waals surface area contributed by atoms with Crippen molar-refractivity contribution in [1.82, 2.24) is 10.2 Å². The Hall–Kier alpha value is -0.590. The third kappa shape index (κ3) is 6.98. The van der Waals surface area contributed by atoms with Crippen molar-refractivity contribution >= 4 is 0 Å². The lowest BCUT2D eigenvalue weighted by Crippen LogP contribution is -2.49. The minimum Gasteiger partial charge on any atom is -0.304 e. The Morgan fingerprint density at radius 3 is 2.33 bits per heavy atom. The first-order chi connectivity index (χ1) is 8.34. The monoisotopic (exact) mass is 253 g/mol. The van der Waals surface area contributed by atoms with E-state index in [0.717, 1.165) is 13.0 Å². The van der Waals surface area contributed by atoms with Gasteiger partial charge >= 0.3 is 0 Å². The van der Waals surface area contributed by atoms with Gasteiger partial charge in [0.05, 0.1) is 6.07 Å². The van der Waals surface area contributed by atoms with Crippen LogP contribution in [0.3, 0.4) is 0 Å². The van der Waals surface area contributed by atoms with Crippen LogP contribution < -0.4 is 5.32 Å². The SMILES string of the molecule is CCCCCN(C)C(C)CC(C)(C#N)NC(C)C. The molecule has 1 N–H and O–H groups in total. The molecular weight excluding hydrogens is 222 g/mol. The van der Waals surface area contributed by atoms with Crippen LogP contribution in [0.5, 0.6) is 0 Å². The average molecular weight is 253 g/mol. The fourth-order valence-electron chi connectivity index (χ4n) is 2.35. The summed E-state index contributed by atoms with van der Waals surface area (Å²) >= 11 is 0. The normalized spacial score (nSPS) is 16.6. The van der Waals surface area contributed by atoms with Crippen molar-refractivity contribution in [3.63, 3.8) is 0 Å². The van der Waals surface area contributed by atoms with Crippen LogP contribution in [-0.4, -0.2) is 36.1 Å². The van der Waals surface area contributed by atoms with Gasteiger partial charge in [0.25, 0.3) is 0 Å². The molecule has 0 aromatic rings. The van der Waals surface area contributed by atoms with Gasteiger partial charge < -0.3 is 4.90 Å². The summed E-state index contributed by atoms with van der Waals surface area (Å²) in [6, 6.07) is 3.19. The molecule has 0 radical (unpaired) electrons. The Labute approximate surface area is 114 Å². The number of rotatable bonds is 9. The molecule has 0 amide bonds. The first kappa shape index (κ1) is 17.4. The Balaban J connectivity index is 4.25. The molecule has 0 heterocycles. The molecule has 0 bridgehead atoms. The second-order valence-electron chi connectivity index (χ2n) is 5.98. The summed E-state index contributed by atoms with van der Waals surface area (Å²) in [6.07, 6.45) is 4.66. The van der Waals surface area contributed by atoms with Gasteiger partial charge in [-0.2, -0.15) is 5.26 Å². The van der Waals surface area contributed by atoms with E-state index in [1.54, 1.807) is 0 Å². The Morgan fingerprint density at radius 1 is 1.28 bits per heavy atom. The summed E-state index contributed by atoms with van der Waals surface area (Å²) in [5, 5.41) is 12.7. The zero-order valence-corrected chi connectivity index (χ0v) is 13.1. The number of unbranched alkanes of at least 4 members (excludes halogenated alkanes) is 2. The van der Waals surface area contributed by atoms with Gasteiger partial charge in [0.2, 0.25) is 0 Å². The molecule has 0 aliphatic rings. The van der Waals surface area contributed by atoms with Crippen LogP contribution in [0.2, 0.25) is 0 Å². The highest BCUT2D eigenvalue weighted by Gasteiger charge is 2.28. The van der Waals surface area contributed by atoms with E-state index in [0.29, 0.717) is 12.1 Å². The number of hydrogen-bond donors (Lipinski definition) is 1. The smallest absolute Gasteiger partial charge is 0.105 e. The van der Waals surface area contributed by atoms with Crippen LogP contribution in [0.25, 0.3) is 0 Å². The van der Waals surface area contributed by atoms with E-state index in [1.165, 1.54) is 19.3 Å². The molecule has 0 saturated heterocycles. The van der Waals surface area contributed by atoms with Crippen LogP contribution in [0.15, 0.2) is 0 Å². The van der Waals surface area contributed by atoms with Crippen molar-refractivity contribution in [2.45, 2.75) is 77.9 Å². The maximum Gasteiger partial charge on any atom is 0.105 e.